The molecule has 0 aliphatic carbocycles. The number of urea groups is 1. The molecule has 0 saturated carbocycles. The van der Waals surface area contributed by atoms with Gasteiger partial charge in [0.1, 0.15) is 6.04 Å². The summed E-state index contributed by atoms with van der Waals surface area (Å²) in [5, 5.41) is 13.7. The fourth-order valence-electron chi connectivity index (χ4n) is 1.41. The van der Waals surface area contributed by atoms with Gasteiger partial charge in [0.25, 0.3) is 0 Å². The Morgan fingerprint density at radius 2 is 1.95 bits per heavy atom. The van der Waals surface area contributed by atoms with Gasteiger partial charge in [0.15, 0.2) is 0 Å². The van der Waals surface area contributed by atoms with Crippen molar-refractivity contribution >= 4 is 18.0 Å². The van der Waals surface area contributed by atoms with Crippen molar-refractivity contribution in [3.05, 3.63) is 0 Å². The number of carboxylic acids is 1. The Morgan fingerprint density at radius 3 is 2.45 bits per heavy atom. The number of rotatable bonds is 9. The summed E-state index contributed by atoms with van der Waals surface area (Å²) >= 11 is 0. The normalized spacial score (nSPS) is 13.2. The number of esters is 1. The van der Waals surface area contributed by atoms with Gasteiger partial charge in [-0.05, 0) is 20.3 Å². The molecular weight excluding hydrogens is 268 g/mol. The smallest absolute Gasteiger partial charge is 0.326 e. The summed E-state index contributed by atoms with van der Waals surface area (Å²) < 4.78 is 9.63. The molecule has 0 heterocycles. The molecular formula is C12H22N2O6. The second-order valence-electron chi connectivity index (χ2n) is 4.13. The van der Waals surface area contributed by atoms with Crippen LogP contribution >= 0.6 is 0 Å². The summed E-state index contributed by atoms with van der Waals surface area (Å²) in [7, 11) is 1.22. The van der Waals surface area contributed by atoms with E-state index >= 15 is 0 Å². The molecule has 0 bridgehead atoms. The minimum absolute atomic E-state index is 0.0313. The van der Waals surface area contributed by atoms with Gasteiger partial charge in [-0.1, -0.05) is 0 Å². The highest BCUT2D eigenvalue weighted by atomic mass is 16.5. The van der Waals surface area contributed by atoms with E-state index in [1.165, 1.54) is 7.11 Å². The summed E-state index contributed by atoms with van der Waals surface area (Å²) in [4.78, 5) is 33.4. The van der Waals surface area contributed by atoms with Gasteiger partial charge < -0.3 is 25.2 Å². The maximum atomic E-state index is 11.5. The Balaban J connectivity index is 4.14. The lowest BCUT2D eigenvalue weighted by molar-refractivity contribution is -0.142. The zero-order chi connectivity index (χ0) is 15.5. The van der Waals surface area contributed by atoms with Crippen LogP contribution in [0.25, 0.3) is 0 Å². The zero-order valence-corrected chi connectivity index (χ0v) is 12.0. The number of carbonyl (C=O) groups excluding carboxylic acids is 2. The average molecular weight is 290 g/mol. The average Bonchev–Trinajstić information content (AvgIpc) is 2.40. The van der Waals surface area contributed by atoms with Crippen LogP contribution in [0.2, 0.25) is 0 Å². The molecule has 3 N–H and O–H groups in total. The summed E-state index contributed by atoms with van der Waals surface area (Å²) in [6, 6.07) is -1.76. The highest BCUT2D eigenvalue weighted by Gasteiger charge is 2.21. The van der Waals surface area contributed by atoms with Gasteiger partial charge in [0, 0.05) is 19.6 Å². The van der Waals surface area contributed by atoms with Gasteiger partial charge >= 0.3 is 18.0 Å². The first-order valence-corrected chi connectivity index (χ1v) is 6.36. The zero-order valence-electron chi connectivity index (χ0n) is 12.0. The van der Waals surface area contributed by atoms with E-state index in [-0.39, 0.29) is 25.5 Å². The highest BCUT2D eigenvalue weighted by Crippen LogP contribution is 1.99. The van der Waals surface area contributed by atoms with E-state index in [9.17, 15) is 14.4 Å². The van der Waals surface area contributed by atoms with Crippen LogP contribution < -0.4 is 10.6 Å². The molecule has 20 heavy (non-hydrogen) atoms. The molecule has 0 rings (SSSR count). The van der Waals surface area contributed by atoms with Crippen LogP contribution in [0.4, 0.5) is 4.79 Å². The quantitative estimate of drug-likeness (QED) is 0.520. The third-order valence-electron chi connectivity index (χ3n) is 2.47. The predicted octanol–water partition coefficient (Wildman–Crippen LogP) is 0.117. The van der Waals surface area contributed by atoms with Crippen molar-refractivity contribution in [1.82, 2.24) is 10.6 Å². The molecule has 1 unspecified atom stereocenters. The number of nitrogens with one attached hydrogen (secondary N) is 2. The summed E-state index contributed by atoms with van der Waals surface area (Å²) in [6.45, 7) is 4.42. The van der Waals surface area contributed by atoms with Crippen molar-refractivity contribution in [1.29, 1.82) is 0 Å². The molecule has 2 atom stereocenters. The van der Waals surface area contributed by atoms with Gasteiger partial charge in [-0.3, -0.25) is 4.79 Å². The number of carbonyl (C=O) groups is 3. The molecule has 0 saturated heterocycles. The number of hydrogen-bond donors (Lipinski definition) is 3. The van der Waals surface area contributed by atoms with Crippen molar-refractivity contribution < 1.29 is 29.0 Å². The molecule has 116 valence electrons. The van der Waals surface area contributed by atoms with E-state index < -0.39 is 24.0 Å². The number of aliphatic carboxylic acids is 1. The van der Waals surface area contributed by atoms with E-state index in [0.29, 0.717) is 6.61 Å². The van der Waals surface area contributed by atoms with Crippen LogP contribution in [0.1, 0.15) is 26.7 Å². The highest BCUT2D eigenvalue weighted by molar-refractivity contribution is 5.83. The monoisotopic (exact) mass is 290 g/mol. The van der Waals surface area contributed by atoms with Gasteiger partial charge in [0.05, 0.1) is 13.2 Å². The first-order valence-electron chi connectivity index (χ1n) is 6.36. The molecule has 0 aliphatic heterocycles. The third-order valence-corrected chi connectivity index (χ3v) is 2.47. The van der Waals surface area contributed by atoms with Crippen LogP contribution in [0, 0.1) is 0 Å². The molecule has 0 aromatic carbocycles. The van der Waals surface area contributed by atoms with Crippen molar-refractivity contribution in [2.75, 3.05) is 20.3 Å². The number of methoxy groups -OCH3 is 1. The van der Waals surface area contributed by atoms with Gasteiger partial charge in [-0.25, -0.2) is 9.59 Å². The first-order chi connectivity index (χ1) is 9.40. The van der Waals surface area contributed by atoms with Crippen molar-refractivity contribution in [2.45, 2.75) is 38.8 Å². The minimum atomic E-state index is -1.21. The molecule has 2 amide bonds. The standard InChI is InChI=1S/C12H22N2O6/c1-4-20-8(2)7-13-12(18)14-9(11(16)17)5-6-10(15)19-3/h8-9H,4-7H2,1-3H3,(H,16,17)(H2,13,14,18)/t8?,9-/m0/s1. The minimum Gasteiger partial charge on any atom is -0.480 e. The maximum absolute atomic E-state index is 11.5. The molecule has 0 fully saturated rings. The molecule has 0 aromatic heterocycles. The molecule has 0 radical (unpaired) electrons. The summed E-state index contributed by atoms with van der Waals surface area (Å²) in [6.07, 6.45) is -0.274. The van der Waals surface area contributed by atoms with Gasteiger partial charge in [-0.15, -0.1) is 0 Å². The lowest BCUT2D eigenvalue weighted by Gasteiger charge is -2.16. The van der Waals surface area contributed by atoms with Crippen LogP contribution in [-0.4, -0.2) is 55.5 Å². The second-order valence-corrected chi connectivity index (χ2v) is 4.13. The Hall–Kier alpha value is -1.83. The van der Waals surface area contributed by atoms with Crippen molar-refractivity contribution in [3.8, 4) is 0 Å². The lowest BCUT2D eigenvalue weighted by Crippen LogP contribution is -2.47. The number of ether oxygens (including phenoxy) is 2. The number of carboxylic acid groups (broad SMARTS) is 1. The Bertz CT molecular complexity index is 334. The van der Waals surface area contributed by atoms with Crippen LogP contribution in [-0.2, 0) is 19.1 Å². The first kappa shape index (κ1) is 18.2. The topological polar surface area (TPSA) is 114 Å². The third kappa shape index (κ3) is 8.30. The fraction of sp³-hybridized carbons (Fsp3) is 0.750. The Labute approximate surface area is 117 Å². The predicted molar refractivity (Wildman–Crippen MR) is 70.3 cm³/mol. The van der Waals surface area contributed by atoms with Gasteiger partial charge in [-0.2, -0.15) is 0 Å². The fourth-order valence-corrected chi connectivity index (χ4v) is 1.41. The van der Waals surface area contributed by atoms with Crippen LogP contribution in [0.3, 0.4) is 0 Å². The van der Waals surface area contributed by atoms with Crippen molar-refractivity contribution in [3.63, 3.8) is 0 Å². The summed E-state index contributed by atoms with van der Waals surface area (Å²) in [5.41, 5.74) is 0. The second kappa shape index (κ2) is 10.0. The summed E-state index contributed by atoms with van der Waals surface area (Å²) in [5.74, 6) is -1.73. The number of amides is 2. The largest absolute Gasteiger partial charge is 0.480 e. The van der Waals surface area contributed by atoms with Crippen LogP contribution in [0.5, 0.6) is 0 Å². The van der Waals surface area contributed by atoms with Gasteiger partial charge in [0.2, 0.25) is 0 Å². The molecule has 8 nitrogen and oxygen atoms in total. The van der Waals surface area contributed by atoms with E-state index in [0.717, 1.165) is 0 Å². The Morgan fingerprint density at radius 1 is 1.30 bits per heavy atom. The molecule has 0 aliphatic rings. The Kier molecular flexibility index (Phi) is 9.10. The number of hydrogen-bond acceptors (Lipinski definition) is 5. The molecule has 0 spiro atoms. The van der Waals surface area contributed by atoms with E-state index in [1.807, 2.05) is 6.92 Å². The van der Waals surface area contributed by atoms with E-state index in [2.05, 4.69) is 15.4 Å². The SMILES string of the molecule is CCOC(C)CNC(=O)N[C@@H](CCC(=O)OC)C(=O)O. The molecule has 0 aromatic rings. The van der Waals surface area contributed by atoms with E-state index in [1.54, 1.807) is 6.92 Å². The lowest BCUT2D eigenvalue weighted by atomic mass is 10.1. The van der Waals surface area contributed by atoms with E-state index in [4.69, 9.17) is 9.84 Å². The van der Waals surface area contributed by atoms with Crippen LogP contribution in [0.15, 0.2) is 0 Å². The van der Waals surface area contributed by atoms with Crippen molar-refractivity contribution in [2.24, 2.45) is 0 Å². The molecule has 8 heteroatoms. The maximum Gasteiger partial charge on any atom is 0.326 e.